The first-order chi connectivity index (χ1) is 3.30. The highest BCUT2D eigenvalue weighted by Gasteiger charge is 1.89. The first kappa shape index (κ1) is 4.30. The molecule has 0 saturated heterocycles. The molecular formula is C4H5FN2. The molecule has 1 aromatic rings. The lowest BCUT2D eigenvalue weighted by Gasteiger charge is -1.82. The van der Waals surface area contributed by atoms with Gasteiger partial charge in [0, 0.05) is 19.4 Å². The van der Waals surface area contributed by atoms with Gasteiger partial charge in [-0.25, -0.2) is 4.98 Å². The lowest BCUT2D eigenvalue weighted by atomic mass is 10.9. The van der Waals surface area contributed by atoms with Gasteiger partial charge in [-0.05, 0) is 0 Å². The maximum atomic E-state index is 11.9. The van der Waals surface area contributed by atoms with Crippen LogP contribution in [0.4, 0.5) is 4.39 Å². The van der Waals surface area contributed by atoms with Crippen LogP contribution in [0, 0.1) is 6.08 Å². The van der Waals surface area contributed by atoms with Gasteiger partial charge in [-0.15, -0.1) is 0 Å². The Kier molecular flexibility index (Phi) is 0.817. The third-order valence-corrected chi connectivity index (χ3v) is 0.762. The smallest absolute Gasteiger partial charge is 0.288 e. The first-order valence-electron chi connectivity index (χ1n) is 1.93. The van der Waals surface area contributed by atoms with Crippen molar-refractivity contribution in [1.29, 1.82) is 0 Å². The van der Waals surface area contributed by atoms with Crippen LogP contribution in [0.15, 0.2) is 12.4 Å². The Morgan fingerprint density at radius 3 is 2.71 bits per heavy atom. The van der Waals surface area contributed by atoms with Crippen LogP contribution in [0.3, 0.4) is 0 Å². The molecule has 0 unspecified atom stereocenters. The third kappa shape index (κ3) is 0.607. The van der Waals surface area contributed by atoms with Crippen LogP contribution in [0.25, 0.3) is 0 Å². The molecule has 0 N–H and O–H groups in total. The topological polar surface area (TPSA) is 17.8 Å². The van der Waals surface area contributed by atoms with Gasteiger partial charge in [0.2, 0.25) is 0 Å². The minimum Gasteiger partial charge on any atom is -0.311 e. The molecule has 0 fully saturated rings. The molecule has 1 rings (SSSR count). The fraction of sp³-hybridized carbons (Fsp3) is 0.250. The van der Waals surface area contributed by atoms with E-state index in [4.69, 9.17) is 0 Å². The van der Waals surface area contributed by atoms with Crippen LogP contribution in [0.5, 0.6) is 0 Å². The summed E-state index contributed by atoms with van der Waals surface area (Å²) in [6.07, 6.45) is 2.52. The van der Waals surface area contributed by atoms with Crippen LogP contribution in [-0.4, -0.2) is 9.55 Å². The molecule has 3 heteroatoms. The summed E-state index contributed by atoms with van der Waals surface area (Å²) in [5.74, 6) is 0. The summed E-state index contributed by atoms with van der Waals surface area (Å²) in [6.45, 7) is 0. The summed E-state index contributed by atoms with van der Waals surface area (Å²) in [6, 6.07) is 0. The highest BCUT2D eigenvalue weighted by Crippen LogP contribution is 1.86. The molecule has 2 nitrogen and oxygen atoms in total. The second-order valence-electron chi connectivity index (χ2n) is 1.31. The van der Waals surface area contributed by atoms with Gasteiger partial charge in [0.1, 0.15) is 0 Å². The van der Waals surface area contributed by atoms with Gasteiger partial charge in [0.25, 0.3) is 6.08 Å². The Balaban J connectivity index is 3.12. The molecule has 0 radical (unpaired) electrons. The summed E-state index contributed by atoms with van der Waals surface area (Å²) in [4.78, 5) is 3.31. The van der Waals surface area contributed by atoms with Crippen molar-refractivity contribution in [3.05, 3.63) is 18.5 Å². The van der Waals surface area contributed by atoms with Crippen molar-refractivity contribution in [1.82, 2.24) is 9.55 Å². The number of aryl methyl sites for hydroxylation is 1. The molecule has 0 aromatic carbocycles. The van der Waals surface area contributed by atoms with Crippen molar-refractivity contribution < 1.29 is 4.39 Å². The Morgan fingerprint density at radius 1 is 1.86 bits per heavy atom. The summed E-state index contributed by atoms with van der Waals surface area (Å²) in [5.41, 5.74) is 0. The normalized spacial score (nSPS) is 9.43. The van der Waals surface area contributed by atoms with Gasteiger partial charge in [-0.1, -0.05) is 0 Å². The number of hydrogen-bond acceptors (Lipinski definition) is 1. The van der Waals surface area contributed by atoms with Crippen molar-refractivity contribution in [2.45, 2.75) is 0 Å². The van der Waals surface area contributed by atoms with Crippen LogP contribution in [0.2, 0.25) is 0 Å². The molecule has 1 aromatic heterocycles. The van der Waals surface area contributed by atoms with E-state index in [0.29, 0.717) is 0 Å². The van der Waals surface area contributed by atoms with Gasteiger partial charge in [-0.2, -0.15) is 4.39 Å². The molecule has 0 aliphatic carbocycles. The SMILES string of the molecule is Cn1ccnc1F. The van der Waals surface area contributed by atoms with E-state index >= 15 is 0 Å². The predicted molar refractivity (Wildman–Crippen MR) is 23.2 cm³/mol. The number of rotatable bonds is 0. The van der Waals surface area contributed by atoms with Crippen molar-refractivity contribution >= 4 is 0 Å². The first-order valence-corrected chi connectivity index (χ1v) is 1.93. The molecule has 38 valence electrons. The average molecular weight is 100 g/mol. The molecule has 0 aliphatic heterocycles. The van der Waals surface area contributed by atoms with Crippen molar-refractivity contribution in [3.63, 3.8) is 0 Å². The maximum Gasteiger partial charge on any atom is 0.288 e. The Morgan fingerprint density at radius 2 is 2.57 bits per heavy atom. The molecule has 0 spiro atoms. The Labute approximate surface area is 40.6 Å². The van der Waals surface area contributed by atoms with Crippen LogP contribution in [-0.2, 0) is 7.05 Å². The number of imidazole rings is 1. The van der Waals surface area contributed by atoms with Crippen LogP contribution < -0.4 is 0 Å². The second kappa shape index (κ2) is 1.33. The number of hydrogen-bond donors (Lipinski definition) is 0. The number of nitrogens with zero attached hydrogens (tertiary/aromatic N) is 2. The van der Waals surface area contributed by atoms with Crippen molar-refractivity contribution in [2.24, 2.45) is 7.05 Å². The van der Waals surface area contributed by atoms with E-state index in [1.54, 1.807) is 13.2 Å². The summed E-state index contributed by atoms with van der Waals surface area (Å²) >= 11 is 0. The second-order valence-corrected chi connectivity index (χ2v) is 1.31. The van der Waals surface area contributed by atoms with Gasteiger partial charge >= 0.3 is 0 Å². The van der Waals surface area contributed by atoms with Crippen molar-refractivity contribution in [2.75, 3.05) is 0 Å². The standard InChI is InChI=1S/C4H5FN2/c1-7-3-2-6-4(7)5/h2-3H,1H3. The van der Waals surface area contributed by atoms with E-state index in [1.165, 1.54) is 10.8 Å². The van der Waals surface area contributed by atoms with E-state index in [1.807, 2.05) is 0 Å². The highest BCUT2D eigenvalue weighted by atomic mass is 19.1. The fourth-order valence-corrected chi connectivity index (χ4v) is 0.347. The van der Waals surface area contributed by atoms with Gasteiger partial charge in [-0.3, -0.25) is 0 Å². The fourth-order valence-electron chi connectivity index (χ4n) is 0.347. The highest BCUT2D eigenvalue weighted by molar-refractivity contribution is 4.73. The monoisotopic (exact) mass is 100 g/mol. The third-order valence-electron chi connectivity index (χ3n) is 0.762. The molecule has 0 atom stereocenters. The van der Waals surface area contributed by atoms with E-state index in [-0.39, 0.29) is 0 Å². The van der Waals surface area contributed by atoms with Crippen LogP contribution in [0.1, 0.15) is 0 Å². The molecule has 1 heterocycles. The maximum absolute atomic E-state index is 11.9. The van der Waals surface area contributed by atoms with Gasteiger partial charge < -0.3 is 4.57 Å². The summed E-state index contributed by atoms with van der Waals surface area (Å²) < 4.78 is 13.2. The molecule has 0 saturated carbocycles. The van der Waals surface area contributed by atoms with E-state index < -0.39 is 6.08 Å². The zero-order valence-electron chi connectivity index (χ0n) is 3.93. The van der Waals surface area contributed by atoms with Gasteiger partial charge in [0.15, 0.2) is 0 Å². The lowest BCUT2D eigenvalue weighted by Crippen LogP contribution is -1.88. The van der Waals surface area contributed by atoms with E-state index in [9.17, 15) is 4.39 Å². The average Bonchev–Trinajstić information content (AvgIpc) is 1.91. The number of aromatic nitrogens is 2. The van der Waals surface area contributed by atoms with E-state index in [2.05, 4.69) is 4.98 Å². The minimum absolute atomic E-state index is 0.444. The quantitative estimate of drug-likeness (QED) is 0.465. The minimum atomic E-state index is -0.444. The summed E-state index contributed by atoms with van der Waals surface area (Å²) in [7, 11) is 1.60. The molecule has 0 aliphatic rings. The Hall–Kier alpha value is -0.860. The number of halogens is 1. The zero-order chi connectivity index (χ0) is 5.28. The summed E-state index contributed by atoms with van der Waals surface area (Å²) in [5, 5.41) is 0. The zero-order valence-corrected chi connectivity index (χ0v) is 3.93. The van der Waals surface area contributed by atoms with Crippen molar-refractivity contribution in [3.8, 4) is 0 Å². The molecular weight excluding hydrogens is 95.1 g/mol. The predicted octanol–water partition coefficient (Wildman–Crippen LogP) is 0.559. The largest absolute Gasteiger partial charge is 0.311 e. The lowest BCUT2D eigenvalue weighted by molar-refractivity contribution is 0.500. The molecule has 0 bridgehead atoms. The van der Waals surface area contributed by atoms with Crippen LogP contribution >= 0.6 is 0 Å². The Bertz CT molecular complexity index is 142. The van der Waals surface area contributed by atoms with E-state index in [0.717, 1.165) is 0 Å². The van der Waals surface area contributed by atoms with Gasteiger partial charge in [0.05, 0.1) is 0 Å². The molecule has 0 amide bonds. The molecule has 7 heavy (non-hydrogen) atoms.